The normalized spacial score (nSPS) is 16.7. The number of hydrogen-bond donors (Lipinski definition) is 2. The standard InChI is InChI=1S/C20H23ClN4O2S/c1-22(2)10-11-24-19-17(15-8-9-23(3)12-16(15)28-19)18(26)25(20(24)27)14-6-4-13(21)5-7-14/h4-7H,8-12H2,1-3H3/p+2. The van der Waals surface area contributed by atoms with Crippen molar-refractivity contribution >= 4 is 33.2 Å². The minimum Gasteiger partial charge on any atom is -0.338 e. The van der Waals surface area contributed by atoms with Crippen LogP contribution in [0.1, 0.15) is 10.4 Å². The molecule has 3 aromatic rings. The smallest absolute Gasteiger partial charge is 0.336 e. The van der Waals surface area contributed by atoms with Crippen LogP contribution in [0.5, 0.6) is 0 Å². The molecule has 0 saturated carbocycles. The van der Waals surface area contributed by atoms with Crippen LogP contribution in [0.25, 0.3) is 15.9 Å². The van der Waals surface area contributed by atoms with Crippen LogP contribution < -0.4 is 21.0 Å². The summed E-state index contributed by atoms with van der Waals surface area (Å²) in [6.45, 7) is 3.29. The van der Waals surface area contributed by atoms with Gasteiger partial charge in [-0.2, -0.15) is 0 Å². The van der Waals surface area contributed by atoms with Crippen LogP contribution in [-0.2, 0) is 19.5 Å². The SMILES string of the molecule is C[NH+](C)CCn1c(=O)n(-c2ccc(Cl)cc2)c(=O)c2c3c(sc21)C[NH+](C)CC3. The van der Waals surface area contributed by atoms with Gasteiger partial charge in [0.2, 0.25) is 0 Å². The fourth-order valence-corrected chi connectivity index (χ4v) is 5.37. The first-order valence-electron chi connectivity index (χ1n) is 9.53. The van der Waals surface area contributed by atoms with E-state index in [0.717, 1.165) is 41.8 Å². The molecule has 4 rings (SSSR count). The van der Waals surface area contributed by atoms with Gasteiger partial charge in [-0.1, -0.05) is 11.6 Å². The van der Waals surface area contributed by atoms with Crippen molar-refractivity contribution < 1.29 is 9.80 Å². The number of rotatable bonds is 4. The Morgan fingerprint density at radius 2 is 1.93 bits per heavy atom. The first-order chi connectivity index (χ1) is 13.4. The second-order valence-corrected chi connectivity index (χ2v) is 9.35. The molecule has 2 N–H and O–H groups in total. The molecule has 0 amide bonds. The van der Waals surface area contributed by atoms with E-state index in [1.165, 1.54) is 19.2 Å². The maximum Gasteiger partial charge on any atom is 0.336 e. The number of nitrogens with one attached hydrogen (secondary N) is 2. The highest BCUT2D eigenvalue weighted by Crippen LogP contribution is 2.30. The highest BCUT2D eigenvalue weighted by molar-refractivity contribution is 7.18. The number of likely N-dealkylation sites (N-methyl/N-ethyl adjacent to an activating group) is 2. The zero-order valence-corrected chi connectivity index (χ0v) is 17.9. The largest absolute Gasteiger partial charge is 0.338 e. The molecule has 28 heavy (non-hydrogen) atoms. The van der Waals surface area contributed by atoms with Crippen molar-refractivity contribution in [1.29, 1.82) is 0 Å². The van der Waals surface area contributed by atoms with E-state index in [9.17, 15) is 9.59 Å². The Kier molecular flexibility index (Phi) is 5.18. The summed E-state index contributed by atoms with van der Waals surface area (Å²) in [5, 5.41) is 1.30. The third kappa shape index (κ3) is 3.33. The molecule has 1 unspecified atom stereocenters. The summed E-state index contributed by atoms with van der Waals surface area (Å²) >= 11 is 7.62. The summed E-state index contributed by atoms with van der Waals surface area (Å²) in [5.41, 5.74) is 1.20. The lowest BCUT2D eigenvalue weighted by Gasteiger charge is -2.19. The van der Waals surface area contributed by atoms with Gasteiger partial charge in [0.1, 0.15) is 11.4 Å². The van der Waals surface area contributed by atoms with Crippen LogP contribution in [0.4, 0.5) is 0 Å². The summed E-state index contributed by atoms with van der Waals surface area (Å²) < 4.78 is 3.10. The van der Waals surface area contributed by atoms with E-state index in [4.69, 9.17) is 11.6 Å². The Hall–Kier alpha value is -1.93. The highest BCUT2D eigenvalue weighted by Gasteiger charge is 2.27. The Balaban J connectivity index is 2.03. The Labute approximate surface area is 172 Å². The van der Waals surface area contributed by atoms with Gasteiger partial charge in [0.25, 0.3) is 5.56 Å². The Bertz CT molecular complexity index is 1140. The van der Waals surface area contributed by atoms with Gasteiger partial charge in [-0.15, -0.1) is 11.3 Å². The van der Waals surface area contributed by atoms with E-state index in [-0.39, 0.29) is 11.2 Å². The lowest BCUT2D eigenvalue weighted by atomic mass is 10.1. The minimum atomic E-state index is -0.277. The predicted molar refractivity (Wildman–Crippen MR) is 114 cm³/mol. The average Bonchev–Trinajstić information content (AvgIpc) is 3.01. The number of halogens is 1. The summed E-state index contributed by atoms with van der Waals surface area (Å²) in [5.74, 6) is 0. The van der Waals surface area contributed by atoms with Crippen molar-refractivity contribution in [3.8, 4) is 5.69 Å². The number of thiophene rings is 1. The summed E-state index contributed by atoms with van der Waals surface area (Å²) in [6.07, 6.45) is 0.869. The number of quaternary nitrogens is 2. The second-order valence-electron chi connectivity index (χ2n) is 7.83. The molecular formula is C20H25ClN4O2S+2. The van der Waals surface area contributed by atoms with Gasteiger partial charge < -0.3 is 9.80 Å². The van der Waals surface area contributed by atoms with Crippen molar-refractivity contribution in [2.24, 2.45) is 0 Å². The monoisotopic (exact) mass is 420 g/mol. The number of benzene rings is 1. The van der Waals surface area contributed by atoms with Crippen molar-refractivity contribution in [2.45, 2.75) is 19.5 Å². The molecule has 1 aliphatic rings. The molecular weight excluding hydrogens is 396 g/mol. The van der Waals surface area contributed by atoms with Gasteiger partial charge in [0.05, 0.1) is 56.7 Å². The lowest BCUT2D eigenvalue weighted by molar-refractivity contribution is -0.895. The first-order valence-corrected chi connectivity index (χ1v) is 10.7. The molecule has 0 spiro atoms. The molecule has 1 aliphatic heterocycles. The maximum absolute atomic E-state index is 13.5. The maximum atomic E-state index is 13.5. The van der Waals surface area contributed by atoms with E-state index in [1.54, 1.807) is 40.2 Å². The molecule has 2 aromatic heterocycles. The number of hydrogen-bond acceptors (Lipinski definition) is 3. The summed E-state index contributed by atoms with van der Waals surface area (Å²) in [7, 11) is 6.30. The van der Waals surface area contributed by atoms with Crippen LogP contribution in [0.15, 0.2) is 33.9 Å². The molecule has 1 atom stereocenters. The van der Waals surface area contributed by atoms with Crippen LogP contribution in [0.3, 0.4) is 0 Å². The third-order valence-electron chi connectivity index (χ3n) is 5.34. The molecule has 0 fully saturated rings. The van der Waals surface area contributed by atoms with Crippen LogP contribution in [0, 0.1) is 0 Å². The van der Waals surface area contributed by atoms with E-state index < -0.39 is 0 Å². The van der Waals surface area contributed by atoms with E-state index >= 15 is 0 Å². The number of aromatic nitrogens is 2. The van der Waals surface area contributed by atoms with Crippen LogP contribution in [-0.4, -0.2) is 43.4 Å². The zero-order valence-electron chi connectivity index (χ0n) is 16.3. The molecule has 148 valence electrons. The van der Waals surface area contributed by atoms with E-state index in [2.05, 4.69) is 21.1 Å². The van der Waals surface area contributed by atoms with Gasteiger partial charge in [-0.25, -0.2) is 9.36 Å². The Morgan fingerprint density at radius 3 is 2.61 bits per heavy atom. The molecule has 0 radical (unpaired) electrons. The highest BCUT2D eigenvalue weighted by atomic mass is 35.5. The molecule has 0 aliphatic carbocycles. The van der Waals surface area contributed by atoms with Crippen LogP contribution >= 0.6 is 22.9 Å². The fourth-order valence-electron chi connectivity index (χ4n) is 3.77. The van der Waals surface area contributed by atoms with Crippen LogP contribution in [0.2, 0.25) is 5.02 Å². The average molecular weight is 421 g/mol. The number of fused-ring (bicyclic) bond motifs is 3. The minimum absolute atomic E-state index is 0.215. The van der Waals surface area contributed by atoms with Gasteiger partial charge in [0.15, 0.2) is 0 Å². The van der Waals surface area contributed by atoms with Crippen molar-refractivity contribution in [3.63, 3.8) is 0 Å². The lowest BCUT2D eigenvalue weighted by Crippen LogP contribution is -3.08. The molecule has 3 heterocycles. The predicted octanol–water partition coefficient (Wildman–Crippen LogP) is -0.417. The Morgan fingerprint density at radius 1 is 1.21 bits per heavy atom. The summed E-state index contributed by atoms with van der Waals surface area (Å²) in [4.78, 5) is 31.6. The zero-order chi connectivity index (χ0) is 20.0. The number of nitrogens with zero attached hydrogens (tertiary/aromatic N) is 2. The van der Waals surface area contributed by atoms with E-state index in [0.29, 0.717) is 17.3 Å². The van der Waals surface area contributed by atoms with Gasteiger partial charge in [-0.05, 0) is 29.8 Å². The third-order valence-corrected chi connectivity index (χ3v) is 6.85. The molecule has 1 aromatic carbocycles. The van der Waals surface area contributed by atoms with Crippen molar-refractivity contribution in [2.75, 3.05) is 34.2 Å². The van der Waals surface area contributed by atoms with E-state index in [1.807, 2.05) is 0 Å². The molecule has 0 bridgehead atoms. The topological polar surface area (TPSA) is 52.9 Å². The van der Waals surface area contributed by atoms with Crippen molar-refractivity contribution in [3.05, 3.63) is 60.6 Å². The quantitative estimate of drug-likeness (QED) is 0.602. The second kappa shape index (κ2) is 7.48. The van der Waals surface area contributed by atoms with Gasteiger partial charge in [0, 0.05) is 11.4 Å². The first kappa shape index (κ1) is 19.4. The fraction of sp³-hybridized carbons (Fsp3) is 0.400. The molecule has 6 nitrogen and oxygen atoms in total. The van der Waals surface area contributed by atoms with Gasteiger partial charge >= 0.3 is 5.69 Å². The molecule has 0 saturated heterocycles. The summed E-state index contributed by atoms with van der Waals surface area (Å²) in [6, 6.07) is 6.88. The van der Waals surface area contributed by atoms with Crippen molar-refractivity contribution in [1.82, 2.24) is 9.13 Å². The van der Waals surface area contributed by atoms with Gasteiger partial charge in [-0.3, -0.25) is 9.36 Å². The molecule has 8 heteroatoms.